The topological polar surface area (TPSA) is 84.7 Å². The van der Waals surface area contributed by atoms with Crippen LogP contribution in [0.15, 0.2) is 39.8 Å². The molecular weight excluding hydrogens is 292 g/mol. The van der Waals surface area contributed by atoms with Crippen molar-refractivity contribution in [2.24, 2.45) is 5.92 Å². The van der Waals surface area contributed by atoms with Crippen molar-refractivity contribution in [3.05, 3.63) is 58.1 Å². The van der Waals surface area contributed by atoms with Crippen LogP contribution in [0.5, 0.6) is 0 Å². The van der Waals surface area contributed by atoms with E-state index in [4.69, 9.17) is 4.52 Å². The lowest BCUT2D eigenvalue weighted by Crippen LogP contribution is -2.21. The fraction of sp³-hybridized carbons (Fsp3) is 0.294. The van der Waals surface area contributed by atoms with E-state index < -0.39 is 0 Å². The number of benzene rings is 1. The number of aromatic nitrogens is 3. The van der Waals surface area contributed by atoms with Gasteiger partial charge in [-0.25, -0.2) is 0 Å². The highest BCUT2D eigenvalue weighted by Gasteiger charge is 2.12. The van der Waals surface area contributed by atoms with Crippen LogP contribution in [0.4, 0.5) is 0 Å². The first kappa shape index (κ1) is 15.0. The summed E-state index contributed by atoms with van der Waals surface area (Å²) in [6.07, 6.45) is 2.26. The molecular formula is C17H16N4O2. The molecule has 0 saturated heterocycles. The molecule has 3 aromatic rings. The normalized spacial score (nSPS) is 11.0. The third-order valence-corrected chi connectivity index (χ3v) is 3.52. The Morgan fingerprint density at radius 3 is 2.74 bits per heavy atom. The summed E-state index contributed by atoms with van der Waals surface area (Å²) in [5.74, 6) is 1.42. The molecule has 6 nitrogen and oxygen atoms in total. The van der Waals surface area contributed by atoms with E-state index in [-0.39, 0.29) is 12.1 Å². The summed E-state index contributed by atoms with van der Waals surface area (Å²) in [5, 5.41) is 14.4. The molecule has 1 aromatic carbocycles. The lowest BCUT2D eigenvalue weighted by Gasteiger charge is -2.06. The van der Waals surface area contributed by atoms with E-state index in [2.05, 4.69) is 30.1 Å². The van der Waals surface area contributed by atoms with Gasteiger partial charge in [0.15, 0.2) is 5.82 Å². The fourth-order valence-corrected chi connectivity index (χ4v) is 2.50. The zero-order valence-electron chi connectivity index (χ0n) is 13.0. The van der Waals surface area contributed by atoms with Crippen LogP contribution in [0.3, 0.4) is 0 Å². The van der Waals surface area contributed by atoms with Crippen molar-refractivity contribution in [2.75, 3.05) is 0 Å². The average Bonchev–Trinajstić information content (AvgIpc) is 2.96. The van der Waals surface area contributed by atoms with Crippen LogP contribution in [0.1, 0.15) is 31.1 Å². The predicted molar refractivity (Wildman–Crippen MR) is 84.9 cm³/mol. The maximum Gasteiger partial charge on any atom is 0.258 e. The Kier molecular flexibility index (Phi) is 3.94. The second kappa shape index (κ2) is 6.05. The van der Waals surface area contributed by atoms with E-state index in [9.17, 15) is 10.1 Å². The van der Waals surface area contributed by atoms with Gasteiger partial charge < -0.3 is 9.09 Å². The molecule has 0 atom stereocenters. The van der Waals surface area contributed by atoms with Gasteiger partial charge in [-0.05, 0) is 12.0 Å². The first-order chi connectivity index (χ1) is 11.1. The van der Waals surface area contributed by atoms with Gasteiger partial charge in [0.25, 0.3) is 5.56 Å². The highest BCUT2D eigenvalue weighted by molar-refractivity contribution is 5.86. The minimum Gasteiger partial charge on any atom is -0.337 e. The number of hydrogen-bond acceptors (Lipinski definition) is 5. The van der Waals surface area contributed by atoms with Crippen LogP contribution in [0, 0.1) is 17.2 Å². The molecule has 0 aliphatic heterocycles. The molecule has 0 aliphatic rings. The monoisotopic (exact) mass is 308 g/mol. The van der Waals surface area contributed by atoms with Gasteiger partial charge in [0.1, 0.15) is 12.6 Å². The molecule has 0 unspecified atom stereocenters. The Morgan fingerprint density at radius 1 is 1.30 bits per heavy atom. The van der Waals surface area contributed by atoms with Crippen molar-refractivity contribution < 1.29 is 4.52 Å². The lowest BCUT2D eigenvalue weighted by molar-refractivity contribution is 0.363. The number of pyridine rings is 1. The third kappa shape index (κ3) is 2.99. The Balaban J connectivity index is 2.00. The summed E-state index contributed by atoms with van der Waals surface area (Å²) >= 11 is 0. The minimum atomic E-state index is -0.178. The van der Waals surface area contributed by atoms with Crippen molar-refractivity contribution in [1.82, 2.24) is 14.7 Å². The molecule has 6 heteroatoms. The Labute approximate surface area is 133 Å². The van der Waals surface area contributed by atoms with E-state index in [1.54, 1.807) is 18.2 Å². The Hall–Kier alpha value is -2.94. The van der Waals surface area contributed by atoms with Gasteiger partial charge in [-0.1, -0.05) is 37.2 Å². The van der Waals surface area contributed by atoms with Gasteiger partial charge in [-0.15, -0.1) is 0 Å². The molecule has 0 fully saturated rings. The zero-order valence-corrected chi connectivity index (χ0v) is 13.0. The van der Waals surface area contributed by atoms with E-state index >= 15 is 0 Å². The number of nitrogens with zero attached hydrogens (tertiary/aromatic N) is 4. The van der Waals surface area contributed by atoms with E-state index in [1.807, 2.05) is 6.07 Å². The van der Waals surface area contributed by atoms with Crippen LogP contribution in [-0.2, 0) is 13.0 Å². The molecule has 2 aromatic heterocycles. The number of rotatable bonds is 4. The molecule has 3 rings (SSSR count). The van der Waals surface area contributed by atoms with Gasteiger partial charge in [0.05, 0.1) is 5.56 Å². The number of nitriles is 1. The predicted octanol–water partition coefficient (Wildman–Crippen LogP) is 2.50. The van der Waals surface area contributed by atoms with Gasteiger partial charge in [-0.3, -0.25) is 4.79 Å². The molecule has 116 valence electrons. The fourth-order valence-electron chi connectivity index (χ4n) is 2.50. The molecule has 0 N–H and O–H groups in total. The summed E-state index contributed by atoms with van der Waals surface area (Å²) in [7, 11) is 0. The van der Waals surface area contributed by atoms with Crippen LogP contribution >= 0.6 is 0 Å². The maximum absolute atomic E-state index is 12.5. The second-order valence-electron chi connectivity index (χ2n) is 5.84. The molecule has 23 heavy (non-hydrogen) atoms. The van der Waals surface area contributed by atoms with Crippen LogP contribution in [0.2, 0.25) is 0 Å². The Bertz CT molecular complexity index is 947. The third-order valence-electron chi connectivity index (χ3n) is 3.52. The van der Waals surface area contributed by atoms with Gasteiger partial charge >= 0.3 is 0 Å². The van der Waals surface area contributed by atoms with Crippen LogP contribution in [-0.4, -0.2) is 14.7 Å². The smallest absolute Gasteiger partial charge is 0.258 e. The van der Waals surface area contributed by atoms with E-state index in [1.165, 1.54) is 10.8 Å². The first-order valence-electron chi connectivity index (χ1n) is 7.42. The standard InChI is InChI=1S/C17H16N4O2/c1-11(2)7-15-19-16(23-20-15)10-21-9-12(8-18)13-5-3-4-6-14(13)17(21)22/h3-6,9,11H,7,10H2,1-2H3. The summed E-state index contributed by atoms with van der Waals surface area (Å²) in [6.45, 7) is 4.30. The summed E-state index contributed by atoms with van der Waals surface area (Å²) in [6, 6.07) is 9.20. The molecule has 0 aliphatic carbocycles. The highest BCUT2D eigenvalue weighted by atomic mass is 16.5. The van der Waals surface area contributed by atoms with Gasteiger partial charge in [-0.2, -0.15) is 10.2 Å². The zero-order chi connectivity index (χ0) is 16.4. The quantitative estimate of drug-likeness (QED) is 0.739. The lowest BCUT2D eigenvalue weighted by atomic mass is 10.1. The van der Waals surface area contributed by atoms with Gasteiger partial charge in [0.2, 0.25) is 5.89 Å². The molecule has 0 saturated carbocycles. The molecule has 0 bridgehead atoms. The number of hydrogen-bond donors (Lipinski definition) is 0. The highest BCUT2D eigenvalue weighted by Crippen LogP contribution is 2.15. The van der Waals surface area contributed by atoms with Crippen molar-refractivity contribution in [2.45, 2.75) is 26.8 Å². The van der Waals surface area contributed by atoms with E-state index in [0.717, 1.165) is 6.42 Å². The van der Waals surface area contributed by atoms with E-state index in [0.29, 0.717) is 34.0 Å². The summed E-state index contributed by atoms with van der Waals surface area (Å²) in [5.41, 5.74) is 0.269. The van der Waals surface area contributed by atoms with Crippen LogP contribution < -0.4 is 5.56 Å². The summed E-state index contributed by atoms with van der Waals surface area (Å²) < 4.78 is 6.64. The van der Waals surface area contributed by atoms with Gasteiger partial charge in [0, 0.05) is 23.4 Å². The number of fused-ring (bicyclic) bond motifs is 1. The Morgan fingerprint density at radius 2 is 2.04 bits per heavy atom. The second-order valence-corrected chi connectivity index (χ2v) is 5.84. The first-order valence-corrected chi connectivity index (χ1v) is 7.42. The van der Waals surface area contributed by atoms with Crippen molar-refractivity contribution in [3.8, 4) is 6.07 Å². The summed E-state index contributed by atoms with van der Waals surface area (Å²) in [4.78, 5) is 16.9. The van der Waals surface area contributed by atoms with Crippen LogP contribution in [0.25, 0.3) is 10.8 Å². The molecule has 0 amide bonds. The average molecular weight is 308 g/mol. The van der Waals surface area contributed by atoms with Crippen molar-refractivity contribution >= 4 is 10.8 Å². The van der Waals surface area contributed by atoms with Crippen molar-refractivity contribution in [1.29, 1.82) is 5.26 Å². The SMILES string of the molecule is CC(C)Cc1noc(Cn2cc(C#N)c3ccccc3c2=O)n1. The minimum absolute atomic E-state index is 0.156. The maximum atomic E-state index is 12.5. The largest absolute Gasteiger partial charge is 0.337 e. The molecule has 0 radical (unpaired) electrons. The molecule has 0 spiro atoms. The van der Waals surface area contributed by atoms with Crippen molar-refractivity contribution in [3.63, 3.8) is 0 Å². The molecule has 2 heterocycles.